The second-order valence-electron chi connectivity index (χ2n) is 6.17. The molecule has 1 saturated heterocycles. The quantitative estimate of drug-likeness (QED) is 0.861. The highest BCUT2D eigenvalue weighted by Gasteiger charge is 2.18. The fourth-order valence-electron chi connectivity index (χ4n) is 2.80. The molecule has 1 aliphatic heterocycles. The van der Waals surface area contributed by atoms with Gasteiger partial charge in [0, 0.05) is 52.0 Å². The van der Waals surface area contributed by atoms with Crippen molar-refractivity contribution in [1.82, 2.24) is 15.1 Å². The van der Waals surface area contributed by atoms with Crippen molar-refractivity contribution >= 4 is 11.7 Å². The second-order valence-corrected chi connectivity index (χ2v) is 6.17. The first-order chi connectivity index (χ1) is 11.5. The van der Waals surface area contributed by atoms with Crippen LogP contribution in [-0.4, -0.2) is 75.1 Å². The summed E-state index contributed by atoms with van der Waals surface area (Å²) in [6.07, 6.45) is -2.50. The molecule has 1 N–H and O–H groups in total. The smallest absolute Gasteiger partial charge is 0.317 e. The lowest BCUT2D eigenvalue weighted by molar-refractivity contribution is 0.107. The molecule has 0 saturated carbocycles. The Morgan fingerprint density at radius 3 is 2.62 bits per heavy atom. The Balaban J connectivity index is 1.67. The number of nitrogens with one attached hydrogen (secondary N) is 1. The Bertz CT molecular complexity index is 533. The lowest BCUT2D eigenvalue weighted by Crippen LogP contribution is -2.49. The molecule has 2 rings (SSSR count). The van der Waals surface area contributed by atoms with Gasteiger partial charge in [-0.3, -0.25) is 4.90 Å². The maximum Gasteiger partial charge on any atom is 0.317 e. The fourth-order valence-corrected chi connectivity index (χ4v) is 2.80. The number of halogens is 2. The number of rotatable bonds is 6. The molecule has 24 heavy (non-hydrogen) atoms. The minimum atomic E-state index is -2.50. The van der Waals surface area contributed by atoms with E-state index in [2.05, 4.69) is 46.3 Å². The number of amides is 2. The van der Waals surface area contributed by atoms with Gasteiger partial charge in [-0.1, -0.05) is 12.1 Å². The van der Waals surface area contributed by atoms with Gasteiger partial charge in [0.2, 0.25) is 0 Å². The third-order valence-electron chi connectivity index (χ3n) is 4.20. The molecule has 0 radical (unpaired) electrons. The van der Waals surface area contributed by atoms with Crippen LogP contribution in [0, 0.1) is 6.92 Å². The zero-order chi connectivity index (χ0) is 17.5. The number of urea groups is 1. The maximum atomic E-state index is 12.2. The van der Waals surface area contributed by atoms with E-state index in [-0.39, 0.29) is 0 Å². The van der Waals surface area contributed by atoms with Crippen LogP contribution < -0.4 is 10.2 Å². The molecule has 1 heterocycles. The van der Waals surface area contributed by atoms with Gasteiger partial charge in [0.25, 0.3) is 6.43 Å². The van der Waals surface area contributed by atoms with E-state index in [1.165, 1.54) is 18.3 Å². The molecule has 134 valence electrons. The highest BCUT2D eigenvalue weighted by Crippen LogP contribution is 2.17. The zero-order valence-electron chi connectivity index (χ0n) is 14.3. The van der Waals surface area contributed by atoms with Gasteiger partial charge in [-0.15, -0.1) is 0 Å². The van der Waals surface area contributed by atoms with Crippen molar-refractivity contribution in [1.29, 1.82) is 0 Å². The molecule has 0 spiro atoms. The SMILES string of the molecule is Cc1cccc(N2CCN(CCNC(=O)N(C)CC(F)F)CC2)c1. The summed E-state index contributed by atoms with van der Waals surface area (Å²) in [5.74, 6) is 0. The van der Waals surface area contributed by atoms with Gasteiger partial charge in [0.15, 0.2) is 0 Å². The van der Waals surface area contributed by atoms with Crippen LogP contribution in [0.2, 0.25) is 0 Å². The Kier molecular flexibility index (Phi) is 6.78. The van der Waals surface area contributed by atoms with Gasteiger partial charge in [-0.2, -0.15) is 0 Å². The van der Waals surface area contributed by atoms with E-state index in [0.29, 0.717) is 6.54 Å². The molecule has 5 nitrogen and oxygen atoms in total. The van der Waals surface area contributed by atoms with Crippen molar-refractivity contribution < 1.29 is 13.6 Å². The van der Waals surface area contributed by atoms with Crippen LogP contribution in [-0.2, 0) is 0 Å². The third-order valence-corrected chi connectivity index (χ3v) is 4.20. The molecule has 0 unspecified atom stereocenters. The summed E-state index contributed by atoms with van der Waals surface area (Å²) >= 11 is 0. The van der Waals surface area contributed by atoms with Crippen molar-refractivity contribution in [2.75, 3.05) is 57.8 Å². The molecule has 1 aromatic rings. The minimum absolute atomic E-state index is 0.450. The van der Waals surface area contributed by atoms with E-state index in [1.54, 1.807) is 0 Å². The highest BCUT2D eigenvalue weighted by atomic mass is 19.3. The Hall–Kier alpha value is -1.89. The highest BCUT2D eigenvalue weighted by molar-refractivity contribution is 5.73. The van der Waals surface area contributed by atoms with Crippen molar-refractivity contribution in [3.63, 3.8) is 0 Å². The molecule has 2 amide bonds. The van der Waals surface area contributed by atoms with Crippen LogP contribution >= 0.6 is 0 Å². The largest absolute Gasteiger partial charge is 0.369 e. The number of nitrogens with zero attached hydrogens (tertiary/aromatic N) is 3. The molecule has 7 heteroatoms. The molecule has 1 aliphatic rings. The van der Waals surface area contributed by atoms with E-state index in [1.807, 2.05) is 0 Å². The number of benzene rings is 1. The maximum absolute atomic E-state index is 12.2. The van der Waals surface area contributed by atoms with Gasteiger partial charge in [-0.25, -0.2) is 13.6 Å². The van der Waals surface area contributed by atoms with Crippen LogP contribution in [0.1, 0.15) is 5.56 Å². The number of hydrogen-bond donors (Lipinski definition) is 1. The summed E-state index contributed by atoms with van der Waals surface area (Å²) in [7, 11) is 1.38. The lowest BCUT2D eigenvalue weighted by Gasteiger charge is -2.36. The molecule has 1 aromatic carbocycles. The van der Waals surface area contributed by atoms with E-state index in [4.69, 9.17) is 0 Å². The molecule has 0 aliphatic carbocycles. The zero-order valence-corrected chi connectivity index (χ0v) is 14.3. The van der Waals surface area contributed by atoms with Crippen LogP contribution in [0.3, 0.4) is 0 Å². The summed E-state index contributed by atoms with van der Waals surface area (Å²) in [4.78, 5) is 17.3. The number of alkyl halides is 2. The predicted molar refractivity (Wildman–Crippen MR) is 91.9 cm³/mol. The van der Waals surface area contributed by atoms with Crippen molar-refractivity contribution in [2.45, 2.75) is 13.3 Å². The third kappa shape index (κ3) is 5.63. The lowest BCUT2D eigenvalue weighted by atomic mass is 10.2. The first-order valence-corrected chi connectivity index (χ1v) is 8.27. The average Bonchev–Trinajstić information content (AvgIpc) is 2.54. The Morgan fingerprint density at radius 1 is 1.29 bits per heavy atom. The molecular formula is C17H26F2N4O. The number of carbonyl (C=O) groups is 1. The van der Waals surface area contributed by atoms with Gasteiger partial charge in [-0.05, 0) is 24.6 Å². The summed E-state index contributed by atoms with van der Waals surface area (Å²) in [6, 6.07) is 8.03. The first kappa shape index (κ1) is 18.4. The Labute approximate surface area is 142 Å². The van der Waals surface area contributed by atoms with E-state index >= 15 is 0 Å². The van der Waals surface area contributed by atoms with Crippen LogP contribution in [0.5, 0.6) is 0 Å². The number of hydrogen-bond acceptors (Lipinski definition) is 3. The van der Waals surface area contributed by atoms with E-state index in [9.17, 15) is 13.6 Å². The minimum Gasteiger partial charge on any atom is -0.369 e. The van der Waals surface area contributed by atoms with Gasteiger partial charge in [0.05, 0.1) is 6.54 Å². The topological polar surface area (TPSA) is 38.8 Å². The summed E-state index contributed by atoms with van der Waals surface area (Å²) in [6.45, 7) is 6.50. The number of anilines is 1. The van der Waals surface area contributed by atoms with Crippen molar-refractivity contribution in [3.8, 4) is 0 Å². The molecule has 1 fully saturated rings. The van der Waals surface area contributed by atoms with Crippen LogP contribution in [0.25, 0.3) is 0 Å². The number of carbonyl (C=O) groups excluding carboxylic acids is 1. The van der Waals surface area contributed by atoms with Crippen LogP contribution in [0.15, 0.2) is 24.3 Å². The number of aryl methyl sites for hydroxylation is 1. The van der Waals surface area contributed by atoms with Crippen molar-refractivity contribution in [3.05, 3.63) is 29.8 Å². The van der Waals surface area contributed by atoms with E-state index in [0.717, 1.165) is 37.6 Å². The van der Waals surface area contributed by atoms with Crippen molar-refractivity contribution in [2.24, 2.45) is 0 Å². The van der Waals surface area contributed by atoms with Gasteiger partial charge >= 0.3 is 6.03 Å². The summed E-state index contributed by atoms with van der Waals surface area (Å²) < 4.78 is 24.5. The Morgan fingerprint density at radius 2 is 2.00 bits per heavy atom. The second kappa shape index (κ2) is 8.82. The summed E-state index contributed by atoms with van der Waals surface area (Å²) in [5.41, 5.74) is 2.50. The first-order valence-electron chi connectivity index (χ1n) is 8.27. The summed E-state index contributed by atoms with van der Waals surface area (Å²) in [5, 5.41) is 2.68. The van der Waals surface area contributed by atoms with E-state index < -0.39 is 19.0 Å². The predicted octanol–water partition coefficient (Wildman–Crippen LogP) is 2.02. The molecular weight excluding hydrogens is 314 g/mol. The van der Waals surface area contributed by atoms with Gasteiger partial charge < -0.3 is 15.1 Å². The molecule has 0 bridgehead atoms. The van der Waals surface area contributed by atoms with Crippen LogP contribution in [0.4, 0.5) is 19.3 Å². The fraction of sp³-hybridized carbons (Fsp3) is 0.588. The standard InChI is InChI=1S/C17H26F2N4O/c1-14-4-3-5-15(12-14)23-10-8-22(9-11-23)7-6-20-17(24)21(2)13-16(18)19/h3-5,12,16H,6-11,13H2,1-2H3,(H,20,24). The normalized spacial score (nSPS) is 15.6. The molecule has 0 atom stereocenters. The number of piperazine rings is 1. The van der Waals surface area contributed by atoms with Gasteiger partial charge in [0.1, 0.15) is 0 Å². The monoisotopic (exact) mass is 340 g/mol. The molecule has 0 aromatic heterocycles. The average molecular weight is 340 g/mol.